The van der Waals surface area contributed by atoms with Crippen molar-refractivity contribution in [2.24, 2.45) is 29.0 Å². The molecule has 1 aliphatic rings. The van der Waals surface area contributed by atoms with Crippen LogP contribution in [0.25, 0.3) is 0 Å². The standard InChI is InChI=1S/C6H13NO2.C5H9NO3.C5H11NO2.C2H5NO2/c1-4(2)3-5(7)6(8)9;7-3-1-2-6-4(3)5(8)9;1-3(2)4(6)5(7)8;3-1-2(4)5/h4-5H,3,7H2,1-2H3,(H,8,9);3-4,6-7H,1-2H2,(H,8,9);3-4H,6H2,1-2H3,(H,7,8);1,3H2,(H,4,5)/t5-;3?,4-;4-;/m000./s1. The maximum absolute atomic E-state index is 10.2. The van der Waals surface area contributed by atoms with Crippen LogP contribution in [0.5, 0.6) is 0 Å². The van der Waals surface area contributed by atoms with Crippen LogP contribution in [0.1, 0.15) is 40.5 Å². The van der Waals surface area contributed by atoms with Gasteiger partial charge in [0.1, 0.15) is 18.1 Å². The van der Waals surface area contributed by atoms with E-state index in [1.165, 1.54) is 0 Å². The quantitative estimate of drug-likeness (QED) is 0.208. The van der Waals surface area contributed by atoms with Crippen molar-refractivity contribution in [3.05, 3.63) is 0 Å². The van der Waals surface area contributed by atoms with E-state index in [-0.39, 0.29) is 12.5 Å². The predicted octanol–water partition coefficient (Wildman–Crippen LogP) is -1.68. The van der Waals surface area contributed by atoms with Gasteiger partial charge in [0.2, 0.25) is 0 Å². The number of aliphatic carboxylic acids is 4. The Kier molecular flexibility index (Phi) is 19.8. The summed E-state index contributed by atoms with van der Waals surface area (Å²) in [6, 6.07) is -2.15. The van der Waals surface area contributed by atoms with E-state index in [2.05, 4.69) is 11.1 Å². The zero-order valence-corrected chi connectivity index (χ0v) is 18.4. The molecule has 1 fully saturated rings. The van der Waals surface area contributed by atoms with Gasteiger partial charge in [0, 0.05) is 0 Å². The first-order valence-corrected chi connectivity index (χ1v) is 9.61. The SMILES string of the molecule is CC(C)C[C@H](N)C(=O)O.CC(C)[C@H](N)C(=O)O.NCC(=O)O.O=C(O)[C@H]1NCCC1O. The highest BCUT2D eigenvalue weighted by atomic mass is 16.4. The van der Waals surface area contributed by atoms with Crippen LogP contribution in [0.3, 0.4) is 0 Å². The first-order valence-electron chi connectivity index (χ1n) is 9.61. The third-order valence-electron chi connectivity index (χ3n) is 3.68. The molecule has 13 nitrogen and oxygen atoms in total. The van der Waals surface area contributed by atoms with E-state index in [4.69, 9.17) is 37.0 Å². The van der Waals surface area contributed by atoms with Crippen LogP contribution < -0.4 is 22.5 Å². The molecule has 1 aliphatic heterocycles. The fraction of sp³-hybridized carbons (Fsp3) is 0.778. The third kappa shape index (κ3) is 20.7. The van der Waals surface area contributed by atoms with Crippen molar-refractivity contribution in [1.82, 2.24) is 5.32 Å². The Bertz CT molecular complexity index is 544. The van der Waals surface area contributed by atoms with E-state index >= 15 is 0 Å². The highest BCUT2D eigenvalue weighted by molar-refractivity contribution is 5.74. The second-order valence-electron chi connectivity index (χ2n) is 7.41. The second-order valence-corrected chi connectivity index (χ2v) is 7.41. The first-order chi connectivity index (χ1) is 14.1. The predicted molar refractivity (Wildman–Crippen MR) is 112 cm³/mol. The van der Waals surface area contributed by atoms with E-state index < -0.39 is 48.1 Å². The topological polar surface area (TPSA) is 260 Å². The first kappa shape index (κ1) is 33.3. The monoisotopic (exact) mass is 454 g/mol. The maximum atomic E-state index is 10.2. The second kappa shape index (κ2) is 18.4. The van der Waals surface area contributed by atoms with Crippen molar-refractivity contribution in [3.63, 3.8) is 0 Å². The zero-order chi connectivity index (χ0) is 25.3. The summed E-state index contributed by atoms with van der Waals surface area (Å²) in [5.41, 5.74) is 14.9. The number of nitrogens with two attached hydrogens (primary N) is 3. The summed E-state index contributed by atoms with van der Waals surface area (Å²) in [7, 11) is 0. The lowest BCUT2D eigenvalue weighted by Crippen LogP contribution is -2.38. The average molecular weight is 455 g/mol. The van der Waals surface area contributed by atoms with E-state index in [0.717, 1.165) is 0 Å². The minimum absolute atomic E-state index is 0.0208. The van der Waals surface area contributed by atoms with Gasteiger partial charge in [-0.3, -0.25) is 19.2 Å². The van der Waals surface area contributed by atoms with Crippen LogP contribution >= 0.6 is 0 Å². The van der Waals surface area contributed by atoms with E-state index in [0.29, 0.717) is 25.3 Å². The maximum Gasteiger partial charge on any atom is 0.323 e. The van der Waals surface area contributed by atoms with E-state index in [9.17, 15) is 19.2 Å². The zero-order valence-electron chi connectivity index (χ0n) is 18.4. The van der Waals surface area contributed by atoms with Gasteiger partial charge in [-0.2, -0.15) is 0 Å². The number of carboxylic acids is 4. The third-order valence-corrected chi connectivity index (χ3v) is 3.68. The van der Waals surface area contributed by atoms with Crippen molar-refractivity contribution in [1.29, 1.82) is 0 Å². The molecule has 0 aromatic rings. The van der Waals surface area contributed by atoms with E-state index in [1.54, 1.807) is 13.8 Å². The number of rotatable bonds is 7. The van der Waals surface area contributed by atoms with Crippen LogP contribution in [-0.2, 0) is 19.2 Å². The molecular formula is C18H38N4O9. The fourth-order valence-electron chi connectivity index (χ4n) is 1.84. The number of aliphatic hydroxyl groups is 1. The molecule has 0 spiro atoms. The number of nitrogens with one attached hydrogen (secondary N) is 1. The molecule has 31 heavy (non-hydrogen) atoms. The average Bonchev–Trinajstić information content (AvgIpc) is 3.08. The molecule has 0 aliphatic carbocycles. The van der Waals surface area contributed by atoms with Crippen LogP contribution in [0.4, 0.5) is 0 Å². The molecule has 4 atom stereocenters. The molecule has 1 saturated heterocycles. The largest absolute Gasteiger partial charge is 0.480 e. The number of carboxylic acid groups (broad SMARTS) is 4. The number of aliphatic hydroxyl groups excluding tert-OH is 1. The summed E-state index contributed by atoms with van der Waals surface area (Å²) in [4.78, 5) is 39.6. The Labute approximate surface area is 181 Å². The Balaban J connectivity index is -0.000000345. The molecule has 1 heterocycles. The summed E-state index contributed by atoms with van der Waals surface area (Å²) in [6.07, 6.45) is 0.384. The summed E-state index contributed by atoms with van der Waals surface area (Å²) in [5.74, 6) is -3.41. The Morgan fingerprint density at radius 2 is 1.42 bits per heavy atom. The fourth-order valence-corrected chi connectivity index (χ4v) is 1.84. The summed E-state index contributed by atoms with van der Waals surface area (Å²) in [5, 5.41) is 44.1. The lowest BCUT2D eigenvalue weighted by molar-refractivity contribution is -0.141. The molecule has 0 saturated carbocycles. The van der Waals surface area contributed by atoms with Gasteiger partial charge in [-0.05, 0) is 31.2 Å². The number of hydrogen-bond acceptors (Lipinski definition) is 9. The molecular weight excluding hydrogens is 416 g/mol. The van der Waals surface area contributed by atoms with Gasteiger partial charge in [-0.25, -0.2) is 0 Å². The molecule has 184 valence electrons. The lowest BCUT2D eigenvalue weighted by atomic mass is 10.1. The lowest BCUT2D eigenvalue weighted by Gasteiger charge is -2.07. The highest BCUT2D eigenvalue weighted by Gasteiger charge is 2.30. The molecule has 12 N–H and O–H groups in total. The number of carbonyl (C=O) groups is 4. The highest BCUT2D eigenvalue weighted by Crippen LogP contribution is 2.05. The summed E-state index contributed by atoms with van der Waals surface area (Å²) >= 11 is 0. The van der Waals surface area contributed by atoms with Gasteiger partial charge in [0.25, 0.3) is 0 Å². The van der Waals surface area contributed by atoms with Crippen molar-refractivity contribution in [3.8, 4) is 0 Å². The van der Waals surface area contributed by atoms with Gasteiger partial charge >= 0.3 is 23.9 Å². The van der Waals surface area contributed by atoms with Crippen LogP contribution in [0.2, 0.25) is 0 Å². The normalized spacial score (nSPS) is 18.9. The van der Waals surface area contributed by atoms with Crippen LogP contribution in [0, 0.1) is 11.8 Å². The molecule has 0 bridgehead atoms. The number of hydrogen-bond donors (Lipinski definition) is 9. The Morgan fingerprint density at radius 1 is 0.968 bits per heavy atom. The van der Waals surface area contributed by atoms with Crippen molar-refractivity contribution < 1.29 is 44.7 Å². The van der Waals surface area contributed by atoms with E-state index in [1.807, 2.05) is 13.8 Å². The van der Waals surface area contributed by atoms with Crippen LogP contribution in [0.15, 0.2) is 0 Å². The molecule has 13 heteroatoms. The van der Waals surface area contributed by atoms with Gasteiger partial charge < -0.3 is 48.1 Å². The summed E-state index contributed by atoms with van der Waals surface area (Å²) in [6.45, 7) is 7.77. The molecule has 0 aromatic heterocycles. The summed E-state index contributed by atoms with van der Waals surface area (Å²) < 4.78 is 0. The van der Waals surface area contributed by atoms with Crippen molar-refractivity contribution in [2.45, 2.75) is 64.8 Å². The Morgan fingerprint density at radius 3 is 1.52 bits per heavy atom. The van der Waals surface area contributed by atoms with Gasteiger partial charge in [-0.1, -0.05) is 27.7 Å². The molecule has 0 amide bonds. The minimum Gasteiger partial charge on any atom is -0.480 e. The Hall–Kier alpha value is -2.32. The smallest absolute Gasteiger partial charge is 0.323 e. The molecule has 0 aromatic carbocycles. The molecule has 0 radical (unpaired) electrons. The van der Waals surface area contributed by atoms with Crippen molar-refractivity contribution in [2.75, 3.05) is 13.1 Å². The molecule has 1 rings (SSSR count). The van der Waals surface area contributed by atoms with Crippen LogP contribution in [-0.4, -0.2) is 86.7 Å². The minimum atomic E-state index is -0.972. The van der Waals surface area contributed by atoms with Gasteiger partial charge in [-0.15, -0.1) is 0 Å². The molecule has 1 unspecified atom stereocenters. The van der Waals surface area contributed by atoms with Gasteiger partial charge in [0.05, 0.1) is 12.6 Å². The van der Waals surface area contributed by atoms with Crippen molar-refractivity contribution >= 4 is 23.9 Å². The van der Waals surface area contributed by atoms with Gasteiger partial charge in [0.15, 0.2) is 0 Å².